The van der Waals surface area contributed by atoms with Crippen LogP contribution in [0.3, 0.4) is 0 Å². The minimum atomic E-state index is 0.693. The Balaban J connectivity index is 2.17. The monoisotopic (exact) mass is 343 g/mol. The molecular weight excluding hydrogens is 326 g/mol. The van der Waals surface area contributed by atoms with Crippen LogP contribution in [0.1, 0.15) is 17.7 Å². The Kier molecular flexibility index (Phi) is 4.08. The summed E-state index contributed by atoms with van der Waals surface area (Å²) in [6.07, 6.45) is 4.00. The highest BCUT2D eigenvalue weighted by molar-refractivity contribution is 9.10. The van der Waals surface area contributed by atoms with E-state index < -0.39 is 0 Å². The molecule has 3 rings (SSSR count). The first-order valence-electron chi connectivity index (χ1n) is 7.12. The molecule has 0 aliphatic rings. The van der Waals surface area contributed by atoms with E-state index in [1.807, 2.05) is 0 Å². The van der Waals surface area contributed by atoms with Crippen molar-refractivity contribution in [1.29, 1.82) is 0 Å². The van der Waals surface area contributed by atoms with Gasteiger partial charge in [0, 0.05) is 16.2 Å². The highest BCUT2D eigenvalue weighted by atomic mass is 79.9. The highest BCUT2D eigenvalue weighted by Crippen LogP contribution is 2.27. The van der Waals surface area contributed by atoms with Gasteiger partial charge in [-0.15, -0.1) is 0 Å². The standard InChI is InChI=1S/C17H18BrN3/c1-12-8-10-21-15(3-2-9-19)17(20-16(21)11-12)13-4-6-14(18)7-5-13/h4-8,10-11H,2-3,9,19H2,1H3. The van der Waals surface area contributed by atoms with Gasteiger partial charge in [0.25, 0.3) is 0 Å². The smallest absolute Gasteiger partial charge is 0.137 e. The maximum atomic E-state index is 5.69. The Labute approximate surface area is 132 Å². The summed E-state index contributed by atoms with van der Waals surface area (Å²) in [5, 5.41) is 0. The summed E-state index contributed by atoms with van der Waals surface area (Å²) in [6, 6.07) is 12.5. The van der Waals surface area contributed by atoms with Gasteiger partial charge in [-0.25, -0.2) is 4.98 Å². The Hall–Kier alpha value is -1.65. The molecule has 2 aromatic heterocycles. The number of aryl methyl sites for hydroxylation is 2. The second-order valence-corrected chi connectivity index (χ2v) is 6.15. The number of rotatable bonds is 4. The number of hydrogen-bond donors (Lipinski definition) is 1. The molecule has 0 atom stereocenters. The van der Waals surface area contributed by atoms with Gasteiger partial charge >= 0.3 is 0 Å². The van der Waals surface area contributed by atoms with Crippen molar-refractivity contribution < 1.29 is 0 Å². The molecule has 2 N–H and O–H groups in total. The van der Waals surface area contributed by atoms with Crippen LogP contribution in [0.25, 0.3) is 16.9 Å². The lowest BCUT2D eigenvalue weighted by Gasteiger charge is -2.05. The van der Waals surface area contributed by atoms with Crippen LogP contribution in [0.5, 0.6) is 0 Å². The van der Waals surface area contributed by atoms with E-state index in [0.717, 1.165) is 34.2 Å². The molecule has 3 aromatic rings. The van der Waals surface area contributed by atoms with Crippen LogP contribution in [0.4, 0.5) is 0 Å². The predicted molar refractivity (Wildman–Crippen MR) is 90.4 cm³/mol. The summed E-state index contributed by atoms with van der Waals surface area (Å²) in [5.41, 5.74) is 11.3. The summed E-state index contributed by atoms with van der Waals surface area (Å²) in [7, 11) is 0. The van der Waals surface area contributed by atoms with E-state index in [1.54, 1.807) is 0 Å². The van der Waals surface area contributed by atoms with Gasteiger partial charge in [-0.3, -0.25) is 0 Å². The van der Waals surface area contributed by atoms with E-state index in [0.29, 0.717) is 6.54 Å². The van der Waals surface area contributed by atoms with Crippen LogP contribution < -0.4 is 5.73 Å². The second-order valence-electron chi connectivity index (χ2n) is 5.24. The van der Waals surface area contributed by atoms with Gasteiger partial charge in [0.2, 0.25) is 0 Å². The molecule has 0 saturated heterocycles. The zero-order chi connectivity index (χ0) is 14.8. The van der Waals surface area contributed by atoms with Gasteiger partial charge in [0.1, 0.15) is 5.65 Å². The average molecular weight is 344 g/mol. The van der Waals surface area contributed by atoms with Crippen molar-refractivity contribution in [2.24, 2.45) is 5.73 Å². The summed E-state index contributed by atoms with van der Waals surface area (Å²) in [5.74, 6) is 0. The Bertz CT molecular complexity index is 760. The third-order valence-electron chi connectivity index (χ3n) is 3.62. The third kappa shape index (κ3) is 2.87. The molecule has 3 nitrogen and oxygen atoms in total. The number of fused-ring (bicyclic) bond motifs is 1. The first-order valence-corrected chi connectivity index (χ1v) is 7.92. The Morgan fingerprint density at radius 3 is 2.67 bits per heavy atom. The molecule has 0 spiro atoms. The van der Waals surface area contributed by atoms with Crippen LogP contribution in [0.2, 0.25) is 0 Å². The summed E-state index contributed by atoms with van der Waals surface area (Å²) >= 11 is 3.48. The molecule has 0 radical (unpaired) electrons. The van der Waals surface area contributed by atoms with Crippen LogP contribution in [0.15, 0.2) is 47.1 Å². The van der Waals surface area contributed by atoms with Crippen molar-refractivity contribution >= 4 is 21.6 Å². The molecule has 0 aliphatic heterocycles. The maximum absolute atomic E-state index is 5.69. The quantitative estimate of drug-likeness (QED) is 0.778. The minimum absolute atomic E-state index is 0.693. The molecule has 0 saturated carbocycles. The minimum Gasteiger partial charge on any atom is -0.330 e. The first kappa shape index (κ1) is 14.3. The van der Waals surface area contributed by atoms with Crippen molar-refractivity contribution in [2.45, 2.75) is 19.8 Å². The zero-order valence-corrected chi connectivity index (χ0v) is 13.6. The van der Waals surface area contributed by atoms with Crippen molar-refractivity contribution in [2.75, 3.05) is 6.54 Å². The van der Waals surface area contributed by atoms with Crippen LogP contribution in [-0.4, -0.2) is 15.9 Å². The molecule has 2 heterocycles. The molecule has 1 aromatic carbocycles. The molecule has 4 heteroatoms. The fourth-order valence-corrected chi connectivity index (χ4v) is 2.81. The Morgan fingerprint density at radius 1 is 1.19 bits per heavy atom. The number of imidazole rings is 1. The largest absolute Gasteiger partial charge is 0.330 e. The van der Waals surface area contributed by atoms with Crippen molar-refractivity contribution in [3.8, 4) is 11.3 Å². The molecule has 21 heavy (non-hydrogen) atoms. The SMILES string of the molecule is Cc1ccn2c(CCCN)c(-c3ccc(Br)cc3)nc2c1. The average Bonchev–Trinajstić information content (AvgIpc) is 2.83. The number of nitrogens with zero attached hydrogens (tertiary/aromatic N) is 2. The van der Waals surface area contributed by atoms with Crippen molar-refractivity contribution in [3.05, 3.63) is 58.3 Å². The number of nitrogens with two attached hydrogens (primary N) is 1. The summed E-state index contributed by atoms with van der Waals surface area (Å²) in [6.45, 7) is 2.78. The van der Waals surface area contributed by atoms with Gasteiger partial charge < -0.3 is 10.1 Å². The van der Waals surface area contributed by atoms with Gasteiger partial charge in [-0.2, -0.15) is 0 Å². The predicted octanol–water partition coefficient (Wildman–Crippen LogP) is 3.96. The highest BCUT2D eigenvalue weighted by Gasteiger charge is 2.13. The molecule has 0 unspecified atom stereocenters. The number of pyridine rings is 1. The van der Waals surface area contributed by atoms with Gasteiger partial charge in [-0.05, 0) is 56.1 Å². The lowest BCUT2D eigenvalue weighted by atomic mass is 10.1. The van der Waals surface area contributed by atoms with Gasteiger partial charge in [0.15, 0.2) is 0 Å². The van der Waals surface area contributed by atoms with E-state index in [1.165, 1.54) is 11.3 Å². The van der Waals surface area contributed by atoms with E-state index in [-0.39, 0.29) is 0 Å². The van der Waals surface area contributed by atoms with Gasteiger partial charge in [0.05, 0.1) is 11.4 Å². The fraction of sp³-hybridized carbons (Fsp3) is 0.235. The zero-order valence-electron chi connectivity index (χ0n) is 12.0. The molecule has 0 aliphatic carbocycles. The van der Waals surface area contributed by atoms with Crippen molar-refractivity contribution in [1.82, 2.24) is 9.38 Å². The van der Waals surface area contributed by atoms with E-state index >= 15 is 0 Å². The summed E-state index contributed by atoms with van der Waals surface area (Å²) < 4.78 is 3.26. The normalized spacial score (nSPS) is 11.2. The topological polar surface area (TPSA) is 43.3 Å². The summed E-state index contributed by atoms with van der Waals surface area (Å²) in [4.78, 5) is 4.83. The van der Waals surface area contributed by atoms with E-state index in [4.69, 9.17) is 10.7 Å². The lowest BCUT2D eigenvalue weighted by Crippen LogP contribution is -2.03. The number of halogens is 1. The number of aromatic nitrogens is 2. The number of hydrogen-bond acceptors (Lipinski definition) is 2. The van der Waals surface area contributed by atoms with Crippen molar-refractivity contribution in [3.63, 3.8) is 0 Å². The fourth-order valence-electron chi connectivity index (χ4n) is 2.54. The van der Waals surface area contributed by atoms with E-state index in [9.17, 15) is 0 Å². The second kappa shape index (κ2) is 6.00. The van der Waals surface area contributed by atoms with Crippen LogP contribution in [0, 0.1) is 6.92 Å². The Morgan fingerprint density at radius 2 is 1.95 bits per heavy atom. The van der Waals surface area contributed by atoms with E-state index in [2.05, 4.69) is 69.8 Å². The molecule has 0 bridgehead atoms. The third-order valence-corrected chi connectivity index (χ3v) is 4.14. The first-order chi connectivity index (χ1) is 10.2. The molecular formula is C17H18BrN3. The van der Waals surface area contributed by atoms with Crippen LogP contribution >= 0.6 is 15.9 Å². The molecule has 108 valence electrons. The molecule has 0 fully saturated rings. The van der Waals surface area contributed by atoms with Gasteiger partial charge in [-0.1, -0.05) is 28.1 Å². The number of benzene rings is 1. The van der Waals surface area contributed by atoms with Crippen LogP contribution in [-0.2, 0) is 6.42 Å². The lowest BCUT2D eigenvalue weighted by molar-refractivity contribution is 0.804. The maximum Gasteiger partial charge on any atom is 0.137 e. The molecule has 0 amide bonds.